The summed E-state index contributed by atoms with van der Waals surface area (Å²) >= 11 is 0. The molecule has 11 heavy (non-hydrogen) atoms. The quantitative estimate of drug-likeness (QED) is 0.596. The molecular weight excluding hydrogens is 146 g/mol. The zero-order valence-electron chi connectivity index (χ0n) is 7.43. The summed E-state index contributed by atoms with van der Waals surface area (Å²) in [6, 6.07) is 0. The molecule has 0 aromatic heterocycles. The van der Waals surface area contributed by atoms with E-state index in [1.54, 1.807) is 14.0 Å². The predicted octanol–water partition coefficient (Wildman–Crippen LogP) is 0.131. The number of hydrogen-bond acceptors (Lipinski definition) is 3. The van der Waals surface area contributed by atoms with E-state index in [4.69, 9.17) is 9.47 Å². The molecule has 1 N–H and O–H groups in total. The van der Waals surface area contributed by atoms with Crippen molar-refractivity contribution in [1.82, 2.24) is 5.32 Å². The summed E-state index contributed by atoms with van der Waals surface area (Å²) < 4.78 is 9.95. The Morgan fingerprint density at radius 1 is 1.45 bits per heavy atom. The van der Waals surface area contributed by atoms with Crippen LogP contribution in [0.3, 0.4) is 0 Å². The van der Waals surface area contributed by atoms with Gasteiger partial charge in [-0.05, 0) is 6.92 Å². The number of rotatable bonds is 4. The Labute approximate surface area is 66.9 Å². The number of hydrogen-bond donors (Lipinski definition) is 1. The molecule has 66 valence electrons. The van der Waals surface area contributed by atoms with Crippen LogP contribution in [0.1, 0.15) is 13.3 Å². The molecule has 0 aromatic carbocycles. The Morgan fingerprint density at radius 3 is 2.18 bits per heavy atom. The largest absolute Gasteiger partial charge is 0.359 e. The molecule has 0 atom stereocenters. The fourth-order valence-corrected chi connectivity index (χ4v) is 0.608. The SMILES string of the molecule is CNC(=O)CC(C)(OC)OC. The van der Waals surface area contributed by atoms with Crippen LogP contribution in [0, 0.1) is 0 Å². The molecule has 1 amide bonds. The topological polar surface area (TPSA) is 47.6 Å². The maximum absolute atomic E-state index is 10.9. The van der Waals surface area contributed by atoms with Gasteiger partial charge >= 0.3 is 0 Å². The Kier molecular flexibility index (Phi) is 4.07. The summed E-state index contributed by atoms with van der Waals surface area (Å²) in [5.74, 6) is -0.906. The van der Waals surface area contributed by atoms with Crippen molar-refractivity contribution < 1.29 is 14.3 Å². The molecule has 0 rings (SSSR count). The zero-order chi connectivity index (χ0) is 8.91. The second-order valence-corrected chi connectivity index (χ2v) is 2.39. The van der Waals surface area contributed by atoms with Gasteiger partial charge < -0.3 is 14.8 Å². The molecule has 0 aromatic rings. The smallest absolute Gasteiger partial charge is 0.225 e. The van der Waals surface area contributed by atoms with E-state index in [1.165, 1.54) is 14.2 Å². The average molecular weight is 161 g/mol. The monoisotopic (exact) mass is 161 g/mol. The third-order valence-electron chi connectivity index (χ3n) is 1.62. The van der Waals surface area contributed by atoms with E-state index in [-0.39, 0.29) is 12.3 Å². The van der Waals surface area contributed by atoms with Gasteiger partial charge in [0.1, 0.15) is 0 Å². The molecule has 0 aliphatic rings. The van der Waals surface area contributed by atoms with Crippen LogP contribution in [0.25, 0.3) is 0 Å². The number of carbonyl (C=O) groups excluding carboxylic acids is 1. The third kappa shape index (κ3) is 3.34. The van der Waals surface area contributed by atoms with Crippen molar-refractivity contribution in [2.24, 2.45) is 0 Å². The van der Waals surface area contributed by atoms with Crippen molar-refractivity contribution >= 4 is 5.91 Å². The van der Waals surface area contributed by atoms with Crippen molar-refractivity contribution in [3.63, 3.8) is 0 Å². The maximum atomic E-state index is 10.9. The van der Waals surface area contributed by atoms with Crippen LogP contribution in [-0.2, 0) is 14.3 Å². The van der Waals surface area contributed by atoms with Crippen LogP contribution in [0.2, 0.25) is 0 Å². The lowest BCUT2D eigenvalue weighted by molar-refractivity contribution is -0.198. The van der Waals surface area contributed by atoms with Crippen molar-refractivity contribution in [2.75, 3.05) is 21.3 Å². The lowest BCUT2D eigenvalue weighted by Gasteiger charge is -2.25. The molecule has 0 saturated heterocycles. The lowest BCUT2D eigenvalue weighted by atomic mass is 10.2. The molecule has 0 bridgehead atoms. The Balaban J connectivity index is 3.96. The first kappa shape index (κ1) is 10.4. The number of methoxy groups -OCH3 is 2. The van der Waals surface area contributed by atoms with Crippen LogP contribution in [-0.4, -0.2) is 33.0 Å². The summed E-state index contributed by atoms with van der Waals surface area (Å²) in [7, 11) is 4.59. The number of nitrogens with one attached hydrogen (secondary N) is 1. The first-order valence-corrected chi connectivity index (χ1v) is 3.39. The van der Waals surface area contributed by atoms with E-state index in [2.05, 4.69) is 5.32 Å². The van der Waals surface area contributed by atoms with Crippen LogP contribution in [0.4, 0.5) is 0 Å². The van der Waals surface area contributed by atoms with Crippen LogP contribution in [0.15, 0.2) is 0 Å². The highest BCUT2D eigenvalue weighted by Crippen LogP contribution is 2.14. The molecule has 0 heterocycles. The van der Waals surface area contributed by atoms with Gasteiger partial charge in [-0.15, -0.1) is 0 Å². The van der Waals surface area contributed by atoms with Gasteiger partial charge in [0.15, 0.2) is 5.79 Å². The molecule has 4 nitrogen and oxygen atoms in total. The van der Waals surface area contributed by atoms with Gasteiger partial charge in [0.25, 0.3) is 0 Å². The average Bonchev–Trinajstić information content (AvgIpc) is 2.04. The van der Waals surface area contributed by atoms with E-state index in [0.29, 0.717) is 0 Å². The van der Waals surface area contributed by atoms with Gasteiger partial charge in [-0.2, -0.15) is 0 Å². The number of ether oxygens (including phenoxy) is 2. The Bertz CT molecular complexity index is 132. The highest BCUT2D eigenvalue weighted by molar-refractivity contribution is 5.76. The molecule has 0 radical (unpaired) electrons. The van der Waals surface area contributed by atoms with E-state index in [9.17, 15) is 4.79 Å². The van der Waals surface area contributed by atoms with Crippen molar-refractivity contribution in [2.45, 2.75) is 19.1 Å². The second-order valence-electron chi connectivity index (χ2n) is 2.39. The van der Waals surface area contributed by atoms with E-state index in [0.717, 1.165) is 0 Å². The lowest BCUT2D eigenvalue weighted by Crippen LogP contribution is -2.36. The number of carbonyl (C=O) groups is 1. The van der Waals surface area contributed by atoms with Gasteiger partial charge in [0.05, 0.1) is 6.42 Å². The standard InChI is InChI=1S/C7H15NO3/c1-7(10-3,11-4)5-6(9)8-2/h5H2,1-4H3,(H,8,9). The highest BCUT2D eigenvalue weighted by Gasteiger charge is 2.25. The van der Waals surface area contributed by atoms with Gasteiger partial charge in [-0.25, -0.2) is 0 Å². The Hall–Kier alpha value is -0.610. The van der Waals surface area contributed by atoms with Gasteiger partial charge in [-0.3, -0.25) is 4.79 Å². The molecule has 0 spiro atoms. The first-order valence-electron chi connectivity index (χ1n) is 3.39. The second kappa shape index (κ2) is 4.31. The van der Waals surface area contributed by atoms with Gasteiger partial charge in [0.2, 0.25) is 5.91 Å². The molecule has 4 heteroatoms. The highest BCUT2D eigenvalue weighted by atomic mass is 16.7. The van der Waals surface area contributed by atoms with Gasteiger partial charge in [0, 0.05) is 21.3 Å². The minimum Gasteiger partial charge on any atom is -0.359 e. The minimum atomic E-state index is -0.805. The summed E-state index contributed by atoms with van der Waals surface area (Å²) in [5.41, 5.74) is 0. The third-order valence-corrected chi connectivity index (χ3v) is 1.62. The zero-order valence-corrected chi connectivity index (χ0v) is 7.43. The molecule has 0 unspecified atom stereocenters. The fraction of sp³-hybridized carbons (Fsp3) is 0.857. The van der Waals surface area contributed by atoms with E-state index < -0.39 is 5.79 Å². The molecular formula is C7H15NO3. The van der Waals surface area contributed by atoms with Crippen molar-refractivity contribution in [1.29, 1.82) is 0 Å². The molecule has 0 fully saturated rings. The summed E-state index contributed by atoms with van der Waals surface area (Å²) in [6.07, 6.45) is 0.205. The normalized spacial score (nSPS) is 11.3. The van der Waals surface area contributed by atoms with E-state index in [1.807, 2.05) is 0 Å². The van der Waals surface area contributed by atoms with Crippen LogP contribution >= 0.6 is 0 Å². The summed E-state index contributed by atoms with van der Waals surface area (Å²) in [6.45, 7) is 1.71. The van der Waals surface area contributed by atoms with Crippen molar-refractivity contribution in [3.8, 4) is 0 Å². The maximum Gasteiger partial charge on any atom is 0.225 e. The van der Waals surface area contributed by atoms with Gasteiger partial charge in [-0.1, -0.05) is 0 Å². The molecule has 0 saturated carbocycles. The summed E-state index contributed by atoms with van der Waals surface area (Å²) in [4.78, 5) is 10.9. The van der Waals surface area contributed by atoms with Crippen LogP contribution < -0.4 is 5.32 Å². The Morgan fingerprint density at radius 2 is 1.91 bits per heavy atom. The first-order chi connectivity index (χ1) is 5.08. The molecule has 0 aliphatic heterocycles. The molecule has 0 aliphatic carbocycles. The minimum absolute atomic E-state index is 0.101. The summed E-state index contributed by atoms with van der Waals surface area (Å²) in [5, 5.41) is 2.49. The van der Waals surface area contributed by atoms with E-state index >= 15 is 0 Å². The number of amides is 1. The fourth-order valence-electron chi connectivity index (χ4n) is 0.608. The van der Waals surface area contributed by atoms with Crippen molar-refractivity contribution in [3.05, 3.63) is 0 Å². The van der Waals surface area contributed by atoms with Crippen LogP contribution in [0.5, 0.6) is 0 Å². The predicted molar refractivity (Wildman–Crippen MR) is 41.1 cm³/mol.